The molecule has 0 unspecified atom stereocenters. The van der Waals surface area contributed by atoms with Crippen LogP contribution in [0.4, 0.5) is 5.69 Å². The second-order valence-electron chi connectivity index (χ2n) is 8.01. The standard InChI is InChI=1S/C25H23N3O3S2/c29-24(18-14-16-28(17-15-18)33(30,31)19-8-2-1-3-9-19)26-21-11-5-4-10-20(21)25-27-22-12-6-7-13-23(22)32-25/h1-13,18H,14-17H2,(H,26,29). The zero-order valence-electron chi connectivity index (χ0n) is 17.8. The molecule has 1 saturated heterocycles. The highest BCUT2D eigenvalue weighted by Gasteiger charge is 2.32. The molecule has 1 aromatic heterocycles. The van der Waals surface area contributed by atoms with Crippen molar-refractivity contribution in [3.05, 3.63) is 78.9 Å². The number of anilines is 1. The van der Waals surface area contributed by atoms with Crippen LogP contribution >= 0.6 is 11.3 Å². The molecule has 0 atom stereocenters. The van der Waals surface area contributed by atoms with Gasteiger partial charge in [-0.3, -0.25) is 4.79 Å². The molecule has 0 saturated carbocycles. The molecule has 0 spiro atoms. The van der Waals surface area contributed by atoms with E-state index in [4.69, 9.17) is 4.98 Å². The number of carbonyl (C=O) groups is 1. The molecule has 1 aliphatic heterocycles. The fourth-order valence-electron chi connectivity index (χ4n) is 4.10. The van der Waals surface area contributed by atoms with Crippen LogP contribution < -0.4 is 5.32 Å². The number of piperidine rings is 1. The zero-order chi connectivity index (χ0) is 22.8. The van der Waals surface area contributed by atoms with Gasteiger partial charge in [0.15, 0.2) is 0 Å². The summed E-state index contributed by atoms with van der Waals surface area (Å²) in [4.78, 5) is 18.1. The number of nitrogens with zero attached hydrogens (tertiary/aromatic N) is 2. The van der Waals surface area contributed by atoms with E-state index < -0.39 is 10.0 Å². The van der Waals surface area contributed by atoms with E-state index in [0.717, 1.165) is 26.5 Å². The molecule has 6 nitrogen and oxygen atoms in total. The summed E-state index contributed by atoms with van der Waals surface area (Å²) < 4.78 is 28.3. The molecule has 2 heterocycles. The number of amides is 1. The number of thiazole rings is 1. The molecular weight excluding hydrogens is 454 g/mol. The number of carbonyl (C=O) groups excluding carboxylic acids is 1. The lowest BCUT2D eigenvalue weighted by atomic mass is 9.97. The van der Waals surface area contributed by atoms with Crippen LogP contribution in [-0.2, 0) is 14.8 Å². The largest absolute Gasteiger partial charge is 0.325 e. The number of hydrogen-bond donors (Lipinski definition) is 1. The Morgan fingerprint density at radius 1 is 0.909 bits per heavy atom. The SMILES string of the molecule is O=C(Nc1ccccc1-c1nc2ccccc2s1)C1CCN(S(=O)(=O)c2ccccc2)CC1. The quantitative estimate of drug-likeness (QED) is 0.439. The molecule has 1 fully saturated rings. The molecule has 0 radical (unpaired) electrons. The maximum absolute atomic E-state index is 13.1. The molecule has 33 heavy (non-hydrogen) atoms. The van der Waals surface area contributed by atoms with Crippen molar-refractivity contribution < 1.29 is 13.2 Å². The number of para-hydroxylation sites is 2. The normalized spacial score (nSPS) is 15.5. The van der Waals surface area contributed by atoms with E-state index in [9.17, 15) is 13.2 Å². The first-order chi connectivity index (χ1) is 16.0. The van der Waals surface area contributed by atoms with Crippen LogP contribution in [-0.4, -0.2) is 36.7 Å². The number of aromatic nitrogens is 1. The van der Waals surface area contributed by atoms with Crippen molar-refractivity contribution >= 4 is 43.2 Å². The van der Waals surface area contributed by atoms with Crippen molar-refractivity contribution in [3.63, 3.8) is 0 Å². The Kier molecular flexibility index (Phi) is 5.97. The van der Waals surface area contributed by atoms with Crippen LogP contribution in [0.15, 0.2) is 83.8 Å². The minimum atomic E-state index is -3.53. The van der Waals surface area contributed by atoms with Crippen molar-refractivity contribution in [2.24, 2.45) is 5.92 Å². The third-order valence-electron chi connectivity index (χ3n) is 5.91. The molecule has 168 valence electrons. The van der Waals surface area contributed by atoms with Gasteiger partial charge < -0.3 is 5.32 Å². The first-order valence-corrected chi connectivity index (χ1v) is 13.1. The Labute approximate surface area is 197 Å². The van der Waals surface area contributed by atoms with Gasteiger partial charge in [-0.1, -0.05) is 42.5 Å². The van der Waals surface area contributed by atoms with Crippen molar-refractivity contribution in [2.75, 3.05) is 18.4 Å². The van der Waals surface area contributed by atoms with E-state index >= 15 is 0 Å². The lowest BCUT2D eigenvalue weighted by molar-refractivity contribution is -0.120. The predicted octanol–water partition coefficient (Wildman–Crippen LogP) is 5.00. The Hall–Kier alpha value is -3.07. The maximum Gasteiger partial charge on any atom is 0.243 e. The Morgan fingerprint density at radius 3 is 2.33 bits per heavy atom. The lowest BCUT2D eigenvalue weighted by Crippen LogP contribution is -2.41. The highest BCUT2D eigenvalue weighted by atomic mass is 32.2. The van der Waals surface area contributed by atoms with Crippen molar-refractivity contribution in [3.8, 4) is 10.6 Å². The minimum absolute atomic E-state index is 0.0830. The van der Waals surface area contributed by atoms with Gasteiger partial charge in [0.05, 0.1) is 20.8 Å². The van der Waals surface area contributed by atoms with Gasteiger partial charge >= 0.3 is 0 Å². The summed E-state index contributed by atoms with van der Waals surface area (Å²) in [6.45, 7) is 0.656. The zero-order valence-corrected chi connectivity index (χ0v) is 19.5. The van der Waals surface area contributed by atoms with E-state index in [-0.39, 0.29) is 16.7 Å². The molecule has 5 rings (SSSR count). The average molecular weight is 478 g/mol. The van der Waals surface area contributed by atoms with Gasteiger partial charge in [-0.25, -0.2) is 13.4 Å². The van der Waals surface area contributed by atoms with Gasteiger partial charge in [0, 0.05) is 24.6 Å². The van der Waals surface area contributed by atoms with Crippen molar-refractivity contribution in [1.29, 1.82) is 0 Å². The summed E-state index contributed by atoms with van der Waals surface area (Å²) in [5.41, 5.74) is 2.54. The van der Waals surface area contributed by atoms with E-state index in [1.165, 1.54) is 4.31 Å². The maximum atomic E-state index is 13.1. The highest BCUT2D eigenvalue weighted by Crippen LogP contribution is 2.35. The molecule has 4 aromatic rings. The number of benzene rings is 3. The summed E-state index contributed by atoms with van der Waals surface area (Å²) >= 11 is 1.59. The minimum Gasteiger partial charge on any atom is -0.325 e. The van der Waals surface area contributed by atoms with E-state index in [1.54, 1.807) is 41.7 Å². The van der Waals surface area contributed by atoms with Crippen LogP contribution in [0.25, 0.3) is 20.8 Å². The topological polar surface area (TPSA) is 79.4 Å². The summed E-state index contributed by atoms with van der Waals surface area (Å²) in [5, 5.41) is 3.93. The summed E-state index contributed by atoms with van der Waals surface area (Å²) in [7, 11) is -3.53. The first-order valence-electron chi connectivity index (χ1n) is 10.8. The van der Waals surface area contributed by atoms with Gasteiger partial charge in [0.2, 0.25) is 15.9 Å². The van der Waals surface area contributed by atoms with Crippen LogP contribution in [0.2, 0.25) is 0 Å². The average Bonchev–Trinajstić information content (AvgIpc) is 3.29. The molecule has 0 aliphatic carbocycles. The Balaban J connectivity index is 1.29. The number of hydrogen-bond acceptors (Lipinski definition) is 5. The second kappa shape index (κ2) is 9.05. The van der Waals surface area contributed by atoms with Gasteiger partial charge in [-0.05, 0) is 49.2 Å². The third kappa shape index (κ3) is 4.42. The van der Waals surface area contributed by atoms with Gasteiger partial charge in [0.25, 0.3) is 0 Å². The number of sulfonamides is 1. The molecule has 8 heteroatoms. The van der Waals surface area contributed by atoms with Crippen LogP contribution in [0, 0.1) is 5.92 Å². The highest BCUT2D eigenvalue weighted by molar-refractivity contribution is 7.89. The molecule has 1 amide bonds. The Bertz CT molecular complexity index is 1360. The van der Waals surface area contributed by atoms with Gasteiger partial charge in [-0.15, -0.1) is 11.3 Å². The molecule has 1 aliphatic rings. The van der Waals surface area contributed by atoms with Crippen molar-refractivity contribution in [2.45, 2.75) is 17.7 Å². The van der Waals surface area contributed by atoms with Gasteiger partial charge in [0.1, 0.15) is 5.01 Å². The van der Waals surface area contributed by atoms with E-state index in [2.05, 4.69) is 5.32 Å². The number of fused-ring (bicyclic) bond motifs is 1. The monoisotopic (exact) mass is 477 g/mol. The van der Waals surface area contributed by atoms with E-state index in [1.807, 2.05) is 48.5 Å². The molecule has 1 N–H and O–H groups in total. The molecule has 0 bridgehead atoms. The number of rotatable bonds is 5. The first kappa shape index (κ1) is 21.8. The Morgan fingerprint density at radius 2 is 1.58 bits per heavy atom. The second-order valence-corrected chi connectivity index (χ2v) is 11.0. The summed E-state index contributed by atoms with van der Waals surface area (Å²) in [6, 6.07) is 24.1. The van der Waals surface area contributed by atoms with Crippen LogP contribution in [0.3, 0.4) is 0 Å². The van der Waals surface area contributed by atoms with Crippen molar-refractivity contribution in [1.82, 2.24) is 9.29 Å². The smallest absolute Gasteiger partial charge is 0.243 e. The van der Waals surface area contributed by atoms with E-state index in [0.29, 0.717) is 25.9 Å². The summed E-state index contributed by atoms with van der Waals surface area (Å²) in [5.74, 6) is -0.323. The van der Waals surface area contributed by atoms with Crippen LogP contribution in [0.1, 0.15) is 12.8 Å². The molecule has 3 aromatic carbocycles. The van der Waals surface area contributed by atoms with Crippen LogP contribution in [0.5, 0.6) is 0 Å². The fourth-order valence-corrected chi connectivity index (χ4v) is 6.60. The lowest BCUT2D eigenvalue weighted by Gasteiger charge is -2.30. The fraction of sp³-hybridized carbons (Fsp3) is 0.200. The molecular formula is C25H23N3O3S2. The predicted molar refractivity (Wildman–Crippen MR) is 132 cm³/mol. The summed E-state index contributed by atoms with van der Waals surface area (Å²) in [6.07, 6.45) is 0.975. The number of nitrogens with one attached hydrogen (secondary N) is 1. The van der Waals surface area contributed by atoms with Gasteiger partial charge in [-0.2, -0.15) is 4.31 Å². The third-order valence-corrected chi connectivity index (χ3v) is 8.90.